The van der Waals surface area contributed by atoms with Crippen LogP contribution in [0.4, 0.5) is 0 Å². The highest BCUT2D eigenvalue weighted by Gasteiger charge is 2.09. The molecule has 0 fully saturated rings. The third-order valence-corrected chi connectivity index (χ3v) is 2.64. The fourth-order valence-corrected chi connectivity index (χ4v) is 1.52. The molecule has 0 bridgehead atoms. The molecule has 0 spiro atoms. The number of carbonyl (C=O) groups excluding carboxylic acids is 1. The van der Waals surface area contributed by atoms with Crippen molar-refractivity contribution in [1.82, 2.24) is 0 Å². The zero-order chi connectivity index (χ0) is 12.1. The zero-order valence-electron chi connectivity index (χ0n) is 9.71. The molecular formula is C13H15ClO2. The molecule has 0 unspecified atom stereocenters. The first-order chi connectivity index (χ1) is 7.56. The lowest BCUT2D eigenvalue weighted by atomic mass is 10.0. The zero-order valence-corrected chi connectivity index (χ0v) is 10.5. The van der Waals surface area contributed by atoms with Gasteiger partial charge in [-0.15, -0.1) is 0 Å². The van der Waals surface area contributed by atoms with Gasteiger partial charge in [0.15, 0.2) is 0 Å². The first kappa shape index (κ1) is 12.8. The molecule has 2 nitrogen and oxygen atoms in total. The van der Waals surface area contributed by atoms with Crippen LogP contribution in [0.1, 0.15) is 26.3 Å². The molecule has 1 aromatic carbocycles. The normalized spacial score (nSPS) is 12.0. The average Bonchev–Trinajstić information content (AvgIpc) is 2.27. The van der Waals surface area contributed by atoms with Crippen LogP contribution in [0.25, 0.3) is 5.57 Å². The molecule has 0 saturated heterocycles. The van der Waals surface area contributed by atoms with E-state index in [2.05, 4.69) is 0 Å². The second-order valence-electron chi connectivity index (χ2n) is 3.48. The Kier molecular flexibility index (Phi) is 4.56. The van der Waals surface area contributed by atoms with Crippen molar-refractivity contribution >= 4 is 23.1 Å². The van der Waals surface area contributed by atoms with Crippen LogP contribution in [0.15, 0.2) is 29.8 Å². The second-order valence-corrected chi connectivity index (χ2v) is 3.92. The van der Waals surface area contributed by atoms with E-state index in [1.165, 1.54) is 0 Å². The van der Waals surface area contributed by atoms with E-state index in [0.29, 0.717) is 17.2 Å². The second kappa shape index (κ2) is 5.71. The van der Waals surface area contributed by atoms with Crippen molar-refractivity contribution in [2.75, 3.05) is 6.61 Å². The van der Waals surface area contributed by atoms with E-state index in [1.54, 1.807) is 19.9 Å². The molecule has 0 saturated carbocycles. The number of halogens is 1. The first-order valence-corrected chi connectivity index (χ1v) is 5.54. The predicted molar refractivity (Wildman–Crippen MR) is 66.4 cm³/mol. The van der Waals surface area contributed by atoms with Gasteiger partial charge in [-0.1, -0.05) is 23.7 Å². The molecule has 0 N–H and O–H groups in total. The van der Waals surface area contributed by atoms with Gasteiger partial charge in [-0.3, -0.25) is 0 Å². The highest BCUT2D eigenvalue weighted by atomic mass is 35.5. The maximum atomic E-state index is 11.5. The lowest BCUT2D eigenvalue weighted by molar-refractivity contribution is -0.138. The van der Waals surface area contributed by atoms with E-state index < -0.39 is 0 Å². The number of esters is 1. The van der Waals surface area contributed by atoms with Crippen LogP contribution in [0.3, 0.4) is 0 Å². The Hall–Kier alpha value is -1.28. The highest BCUT2D eigenvalue weighted by molar-refractivity contribution is 6.30. The van der Waals surface area contributed by atoms with E-state index in [4.69, 9.17) is 16.3 Å². The monoisotopic (exact) mass is 238 g/mol. The van der Waals surface area contributed by atoms with Gasteiger partial charge in [-0.05, 0) is 44.0 Å². The summed E-state index contributed by atoms with van der Waals surface area (Å²) < 4.78 is 4.95. The summed E-state index contributed by atoms with van der Waals surface area (Å²) in [4.78, 5) is 11.5. The van der Waals surface area contributed by atoms with Crippen molar-refractivity contribution in [2.24, 2.45) is 0 Å². The van der Waals surface area contributed by atoms with Crippen molar-refractivity contribution in [2.45, 2.75) is 20.8 Å². The molecule has 1 aromatic rings. The lowest BCUT2D eigenvalue weighted by Gasteiger charge is -2.07. The molecule has 16 heavy (non-hydrogen) atoms. The van der Waals surface area contributed by atoms with Crippen LogP contribution in [-0.4, -0.2) is 12.6 Å². The summed E-state index contributed by atoms with van der Waals surface area (Å²) in [5, 5.41) is 0.661. The Morgan fingerprint density at radius 1 is 1.38 bits per heavy atom. The molecule has 0 atom stereocenters. The minimum Gasteiger partial charge on any atom is -0.463 e. The Balaban J connectivity index is 3.03. The molecule has 0 aliphatic carbocycles. The minimum absolute atomic E-state index is 0.278. The van der Waals surface area contributed by atoms with Crippen molar-refractivity contribution in [3.63, 3.8) is 0 Å². The van der Waals surface area contributed by atoms with E-state index in [0.717, 1.165) is 11.1 Å². The number of ether oxygens (including phenoxy) is 1. The first-order valence-electron chi connectivity index (χ1n) is 5.16. The Bertz CT molecular complexity index is 422. The fraction of sp³-hybridized carbons (Fsp3) is 0.308. The van der Waals surface area contributed by atoms with Crippen molar-refractivity contribution in [3.05, 3.63) is 40.4 Å². The Morgan fingerprint density at radius 2 is 2.06 bits per heavy atom. The number of carbonyl (C=O) groups is 1. The molecular weight excluding hydrogens is 224 g/mol. The van der Waals surface area contributed by atoms with Crippen molar-refractivity contribution in [3.8, 4) is 0 Å². The van der Waals surface area contributed by atoms with Crippen molar-refractivity contribution < 1.29 is 9.53 Å². The third kappa shape index (κ3) is 3.11. The van der Waals surface area contributed by atoms with Gasteiger partial charge in [0, 0.05) is 10.6 Å². The smallest absolute Gasteiger partial charge is 0.333 e. The van der Waals surface area contributed by atoms with Crippen LogP contribution in [0, 0.1) is 0 Å². The summed E-state index contributed by atoms with van der Waals surface area (Å²) >= 11 is 5.90. The van der Waals surface area contributed by atoms with E-state index in [-0.39, 0.29) is 5.97 Å². The predicted octanol–water partition coefficient (Wildman–Crippen LogP) is 3.70. The summed E-state index contributed by atoms with van der Waals surface area (Å²) in [5.74, 6) is -0.278. The number of hydrogen-bond acceptors (Lipinski definition) is 2. The van der Waals surface area contributed by atoms with Crippen LogP contribution < -0.4 is 0 Å². The van der Waals surface area contributed by atoms with E-state index in [1.807, 2.05) is 25.1 Å². The summed E-state index contributed by atoms with van der Waals surface area (Å²) in [7, 11) is 0. The molecule has 86 valence electrons. The number of hydrogen-bond donors (Lipinski definition) is 0. The summed E-state index contributed by atoms with van der Waals surface area (Å²) in [6, 6.07) is 7.42. The number of rotatable bonds is 3. The van der Waals surface area contributed by atoms with Gasteiger partial charge in [-0.25, -0.2) is 4.79 Å². The van der Waals surface area contributed by atoms with Crippen LogP contribution in [-0.2, 0) is 9.53 Å². The Morgan fingerprint density at radius 3 is 2.62 bits per heavy atom. The van der Waals surface area contributed by atoms with Gasteiger partial charge < -0.3 is 4.74 Å². The topological polar surface area (TPSA) is 26.3 Å². The summed E-state index contributed by atoms with van der Waals surface area (Å²) in [6.45, 7) is 5.82. The largest absolute Gasteiger partial charge is 0.463 e. The molecule has 0 heterocycles. The maximum Gasteiger partial charge on any atom is 0.333 e. The van der Waals surface area contributed by atoms with E-state index in [9.17, 15) is 4.79 Å². The standard InChI is InChI=1S/C13H15ClO2/c1-4-16-13(15)10(3)9(2)11-6-5-7-12(14)8-11/h5-8H,4H2,1-3H3/b10-9-. The SMILES string of the molecule is CCOC(=O)/C(C)=C(/C)c1cccc(Cl)c1. The maximum absolute atomic E-state index is 11.5. The van der Waals surface area contributed by atoms with Crippen LogP contribution in [0.2, 0.25) is 5.02 Å². The van der Waals surface area contributed by atoms with Gasteiger partial charge in [-0.2, -0.15) is 0 Å². The Labute approximate surface area is 101 Å². The molecule has 0 amide bonds. The average molecular weight is 239 g/mol. The summed E-state index contributed by atoms with van der Waals surface area (Å²) in [5.41, 5.74) is 2.45. The molecule has 1 rings (SSSR count). The van der Waals surface area contributed by atoms with Gasteiger partial charge in [0.05, 0.1) is 6.61 Å². The molecule has 0 aliphatic rings. The van der Waals surface area contributed by atoms with Gasteiger partial charge in [0.2, 0.25) is 0 Å². The van der Waals surface area contributed by atoms with Crippen molar-refractivity contribution in [1.29, 1.82) is 0 Å². The quantitative estimate of drug-likeness (QED) is 0.593. The number of allylic oxidation sites excluding steroid dienone is 1. The minimum atomic E-state index is -0.278. The van der Waals surface area contributed by atoms with E-state index >= 15 is 0 Å². The third-order valence-electron chi connectivity index (χ3n) is 2.40. The van der Waals surface area contributed by atoms with Crippen LogP contribution >= 0.6 is 11.6 Å². The van der Waals surface area contributed by atoms with Crippen LogP contribution in [0.5, 0.6) is 0 Å². The molecule has 0 aromatic heterocycles. The van der Waals surface area contributed by atoms with Gasteiger partial charge in [0.25, 0.3) is 0 Å². The molecule has 0 radical (unpaired) electrons. The van der Waals surface area contributed by atoms with Gasteiger partial charge in [0.1, 0.15) is 0 Å². The summed E-state index contributed by atoms with van der Waals surface area (Å²) in [6.07, 6.45) is 0. The number of benzene rings is 1. The molecule has 0 aliphatic heterocycles. The molecule has 3 heteroatoms. The highest BCUT2D eigenvalue weighted by Crippen LogP contribution is 2.21. The lowest BCUT2D eigenvalue weighted by Crippen LogP contribution is -2.06. The fourth-order valence-electron chi connectivity index (χ4n) is 1.33. The van der Waals surface area contributed by atoms with Gasteiger partial charge >= 0.3 is 5.97 Å².